The van der Waals surface area contributed by atoms with Crippen molar-refractivity contribution in [1.29, 1.82) is 0 Å². The van der Waals surface area contributed by atoms with E-state index >= 15 is 0 Å². The molecule has 2 aromatic heterocycles. The molecule has 124 valence electrons. The van der Waals surface area contributed by atoms with Gasteiger partial charge in [-0.3, -0.25) is 4.40 Å². The van der Waals surface area contributed by atoms with Crippen molar-refractivity contribution in [2.75, 3.05) is 0 Å². The van der Waals surface area contributed by atoms with E-state index in [0.717, 1.165) is 6.07 Å². The molecule has 0 saturated carbocycles. The first-order valence-corrected chi connectivity index (χ1v) is 11.3. The Morgan fingerprint density at radius 2 is 1.96 bits per heavy atom. The molecule has 2 rings (SSSR count). The van der Waals surface area contributed by atoms with Gasteiger partial charge >= 0.3 is 15.6 Å². The molecule has 2 aromatic rings. The third-order valence-electron chi connectivity index (χ3n) is 2.55. The first kappa shape index (κ1) is 17.4. The Bertz CT molecular complexity index is 902. The summed E-state index contributed by atoms with van der Waals surface area (Å²) >= 11 is 0. The molecule has 5 nitrogen and oxygen atoms in total. The predicted molar refractivity (Wildman–Crippen MR) is 81.0 cm³/mol. The number of halogens is 3. The molecule has 0 fully saturated rings. The number of fused-ring (bicyclic) bond motifs is 1. The average molecular weight is 362 g/mol. The molecule has 0 unspecified atom stereocenters. The minimum absolute atomic E-state index is 0.0554. The van der Waals surface area contributed by atoms with Crippen molar-refractivity contribution in [3.8, 4) is 17.2 Å². The molecule has 0 bridgehead atoms. The number of imidazole rings is 1. The quantitative estimate of drug-likeness (QED) is 0.357. The van der Waals surface area contributed by atoms with Crippen LogP contribution in [0.1, 0.15) is 5.69 Å². The van der Waals surface area contributed by atoms with Gasteiger partial charge in [0.15, 0.2) is 11.4 Å². The molecule has 0 amide bonds. The Morgan fingerprint density at radius 3 is 2.52 bits per heavy atom. The zero-order valence-corrected chi connectivity index (χ0v) is 14.3. The second kappa shape index (κ2) is 5.57. The molecular weight excluding hydrogens is 349 g/mol. The topological polar surface area (TPSA) is 60.7 Å². The molecule has 0 aliphatic carbocycles. The first-order chi connectivity index (χ1) is 10.4. The number of alkyl halides is 3. The normalized spacial score (nSPS) is 12.8. The highest BCUT2D eigenvalue weighted by molar-refractivity contribution is 7.88. The Kier molecular flexibility index (Phi) is 4.21. The van der Waals surface area contributed by atoms with Crippen LogP contribution < -0.4 is 4.18 Å². The molecule has 0 aliphatic heterocycles. The van der Waals surface area contributed by atoms with E-state index in [1.54, 1.807) is 0 Å². The summed E-state index contributed by atoms with van der Waals surface area (Å²) in [6.07, 6.45) is 2.87. The van der Waals surface area contributed by atoms with Crippen LogP contribution in [0.25, 0.3) is 5.65 Å². The highest BCUT2D eigenvalue weighted by Gasteiger charge is 2.48. The summed E-state index contributed by atoms with van der Waals surface area (Å²) in [5, 5.41) is 0. The van der Waals surface area contributed by atoms with Gasteiger partial charge in [-0.2, -0.15) is 21.6 Å². The molecule has 0 aliphatic rings. The molecule has 0 aromatic carbocycles. The molecule has 2 heterocycles. The van der Waals surface area contributed by atoms with Crippen molar-refractivity contribution in [2.24, 2.45) is 0 Å². The van der Waals surface area contributed by atoms with Gasteiger partial charge in [-0.15, -0.1) is 5.54 Å². The molecule has 0 radical (unpaired) electrons. The van der Waals surface area contributed by atoms with Gasteiger partial charge in [0.2, 0.25) is 0 Å². The van der Waals surface area contributed by atoms with Gasteiger partial charge in [0.05, 0.1) is 6.20 Å². The maximum Gasteiger partial charge on any atom is 0.534 e. The van der Waals surface area contributed by atoms with Crippen LogP contribution >= 0.6 is 0 Å². The van der Waals surface area contributed by atoms with Crippen LogP contribution in [0.15, 0.2) is 24.5 Å². The van der Waals surface area contributed by atoms with Crippen molar-refractivity contribution in [3.63, 3.8) is 0 Å². The molecule has 0 N–H and O–H groups in total. The number of rotatable bonds is 2. The molecular formula is C13H13F3N2O3SSi. The Labute approximate surface area is 132 Å². The van der Waals surface area contributed by atoms with E-state index in [4.69, 9.17) is 0 Å². The first-order valence-electron chi connectivity index (χ1n) is 6.41. The summed E-state index contributed by atoms with van der Waals surface area (Å²) < 4.78 is 65.0. The Hall–Kier alpha value is -1.99. The standard InChI is InChI=1S/C13H13F3N2O3SSi/c1-23(2,3)8-6-10-9-17-12-11(5-4-7-18(10)12)21-22(19,20)13(14,15)16/h4-5,7,9H,1-3H3. The fourth-order valence-electron chi connectivity index (χ4n) is 1.56. The lowest BCUT2D eigenvalue weighted by Gasteiger charge is -2.10. The summed E-state index contributed by atoms with van der Waals surface area (Å²) in [5.41, 5.74) is -2.02. The van der Waals surface area contributed by atoms with Crippen LogP contribution in [0.5, 0.6) is 5.75 Å². The van der Waals surface area contributed by atoms with E-state index in [1.807, 2.05) is 19.6 Å². The minimum atomic E-state index is -5.75. The smallest absolute Gasteiger partial charge is 0.372 e. The zero-order chi connectivity index (χ0) is 17.5. The molecule has 0 atom stereocenters. The van der Waals surface area contributed by atoms with Gasteiger partial charge < -0.3 is 4.18 Å². The number of nitrogens with zero attached hydrogens (tertiary/aromatic N) is 2. The van der Waals surface area contributed by atoms with Crippen LogP contribution in [0.3, 0.4) is 0 Å². The maximum absolute atomic E-state index is 12.4. The summed E-state index contributed by atoms with van der Waals surface area (Å²) in [6.45, 7) is 6.11. The average Bonchev–Trinajstić information content (AvgIpc) is 2.78. The summed E-state index contributed by atoms with van der Waals surface area (Å²) in [7, 11) is -7.41. The number of hydrogen-bond donors (Lipinski definition) is 0. The van der Waals surface area contributed by atoms with Gasteiger partial charge in [-0.1, -0.05) is 25.6 Å². The van der Waals surface area contributed by atoms with Crippen LogP contribution in [0.2, 0.25) is 19.6 Å². The Balaban J connectivity index is 2.50. The molecule has 23 heavy (non-hydrogen) atoms. The predicted octanol–water partition coefficient (Wildman–Crippen LogP) is 2.79. The zero-order valence-electron chi connectivity index (χ0n) is 12.5. The van der Waals surface area contributed by atoms with Crippen LogP contribution in [-0.4, -0.2) is 31.4 Å². The molecule has 0 spiro atoms. The lowest BCUT2D eigenvalue weighted by Crippen LogP contribution is -2.28. The van der Waals surface area contributed by atoms with E-state index < -0.39 is 29.4 Å². The van der Waals surface area contributed by atoms with E-state index in [0.29, 0.717) is 5.69 Å². The summed E-state index contributed by atoms with van der Waals surface area (Å²) in [6, 6.07) is 2.46. The molecule has 0 saturated heterocycles. The van der Waals surface area contributed by atoms with Crippen molar-refractivity contribution in [1.82, 2.24) is 9.38 Å². The highest BCUT2D eigenvalue weighted by Crippen LogP contribution is 2.29. The van der Waals surface area contributed by atoms with Crippen molar-refractivity contribution < 1.29 is 25.8 Å². The van der Waals surface area contributed by atoms with E-state index in [-0.39, 0.29) is 5.65 Å². The second-order valence-electron chi connectivity index (χ2n) is 5.69. The van der Waals surface area contributed by atoms with Gasteiger partial charge in [0.1, 0.15) is 13.8 Å². The number of hydrogen-bond acceptors (Lipinski definition) is 4. The minimum Gasteiger partial charge on any atom is -0.372 e. The van der Waals surface area contributed by atoms with Crippen molar-refractivity contribution in [3.05, 3.63) is 30.2 Å². The number of aromatic nitrogens is 2. The van der Waals surface area contributed by atoms with E-state index in [2.05, 4.69) is 20.6 Å². The van der Waals surface area contributed by atoms with Crippen LogP contribution in [0, 0.1) is 11.5 Å². The fraction of sp³-hybridized carbons (Fsp3) is 0.308. The maximum atomic E-state index is 12.4. The number of pyridine rings is 1. The summed E-state index contributed by atoms with van der Waals surface area (Å²) in [5.74, 6) is 2.40. The van der Waals surface area contributed by atoms with Crippen LogP contribution in [-0.2, 0) is 10.1 Å². The monoisotopic (exact) mass is 362 g/mol. The van der Waals surface area contributed by atoms with Gasteiger partial charge in [0.25, 0.3) is 0 Å². The third kappa shape index (κ3) is 3.86. The van der Waals surface area contributed by atoms with Gasteiger partial charge in [0, 0.05) is 6.20 Å². The van der Waals surface area contributed by atoms with E-state index in [9.17, 15) is 21.6 Å². The van der Waals surface area contributed by atoms with Crippen molar-refractivity contribution >= 4 is 23.8 Å². The largest absolute Gasteiger partial charge is 0.534 e. The highest BCUT2D eigenvalue weighted by atomic mass is 32.2. The van der Waals surface area contributed by atoms with Crippen LogP contribution in [0.4, 0.5) is 13.2 Å². The van der Waals surface area contributed by atoms with Crippen molar-refractivity contribution in [2.45, 2.75) is 25.1 Å². The fourth-order valence-corrected chi connectivity index (χ4v) is 2.52. The molecule has 10 heteroatoms. The lowest BCUT2D eigenvalue weighted by atomic mass is 10.4. The third-order valence-corrected chi connectivity index (χ3v) is 4.39. The Morgan fingerprint density at radius 1 is 1.30 bits per heavy atom. The summed E-state index contributed by atoms with van der Waals surface area (Å²) in [4.78, 5) is 3.90. The second-order valence-corrected chi connectivity index (χ2v) is 12.0. The lowest BCUT2D eigenvalue weighted by molar-refractivity contribution is -0.0499. The van der Waals surface area contributed by atoms with E-state index in [1.165, 1.54) is 22.9 Å². The van der Waals surface area contributed by atoms with Gasteiger partial charge in [-0.25, -0.2) is 4.98 Å². The SMILES string of the molecule is C[Si](C)(C)C#Cc1cnc2c(OS(=O)(=O)C(F)(F)F)cccn12. The van der Waals surface area contributed by atoms with Gasteiger partial charge in [-0.05, 0) is 12.1 Å².